The zero-order valence-corrected chi connectivity index (χ0v) is 26.3. The van der Waals surface area contributed by atoms with E-state index >= 15 is 0 Å². The predicted octanol–water partition coefficient (Wildman–Crippen LogP) is 4.30. The molecule has 0 unspecified atom stereocenters. The van der Waals surface area contributed by atoms with Crippen LogP contribution in [0.5, 0.6) is 11.5 Å². The molecule has 1 aromatic heterocycles. The molecule has 2 N–H and O–H groups in total. The van der Waals surface area contributed by atoms with Gasteiger partial charge in [-0.2, -0.15) is 0 Å². The van der Waals surface area contributed by atoms with E-state index in [1.54, 1.807) is 14.2 Å². The van der Waals surface area contributed by atoms with Crippen LogP contribution >= 0.6 is 0 Å². The molecular formula is C34H37N5O8. The third kappa shape index (κ3) is 6.66. The topological polar surface area (TPSA) is 170 Å². The van der Waals surface area contributed by atoms with Gasteiger partial charge in [0.25, 0.3) is 5.56 Å². The number of ether oxygens (including phenoxy) is 5. The highest BCUT2D eigenvalue weighted by atomic mass is 16.6. The molecule has 0 amide bonds. The first-order chi connectivity index (χ1) is 22.8. The smallest absolute Gasteiger partial charge is 0.330 e. The number of H-pyrrole nitrogens is 1. The largest absolute Gasteiger partial charge is 0.497 e. The van der Waals surface area contributed by atoms with Crippen molar-refractivity contribution in [2.75, 3.05) is 34.5 Å². The second kappa shape index (κ2) is 14.7. The molecule has 0 saturated carbocycles. The molecule has 5 rings (SSSR count). The number of aliphatic hydroxyl groups excluding tert-OH is 1. The Morgan fingerprint density at radius 1 is 0.936 bits per heavy atom. The number of aliphatic hydroxyl groups is 1. The quantitative estimate of drug-likeness (QED) is 0.0674. The van der Waals surface area contributed by atoms with E-state index < -0.39 is 40.9 Å². The number of aromatic nitrogens is 2. The van der Waals surface area contributed by atoms with Crippen LogP contribution in [0.15, 0.2) is 106 Å². The number of nitrogens with one attached hydrogen (secondary N) is 1. The fraction of sp³-hybridized carbons (Fsp3) is 0.353. The Hall–Kier alpha value is -4.91. The van der Waals surface area contributed by atoms with Crippen LogP contribution in [0.1, 0.15) is 35.8 Å². The van der Waals surface area contributed by atoms with Gasteiger partial charge in [-0.25, -0.2) is 4.79 Å². The minimum Gasteiger partial charge on any atom is -0.497 e. The number of methoxy groups -OCH3 is 3. The molecule has 1 fully saturated rings. The van der Waals surface area contributed by atoms with Crippen molar-refractivity contribution in [2.45, 2.75) is 42.5 Å². The van der Waals surface area contributed by atoms with Crippen LogP contribution in [0, 0.1) is 0 Å². The monoisotopic (exact) mass is 643 g/mol. The van der Waals surface area contributed by atoms with E-state index in [1.807, 2.05) is 78.9 Å². The van der Waals surface area contributed by atoms with Crippen molar-refractivity contribution in [3.8, 4) is 11.5 Å². The summed E-state index contributed by atoms with van der Waals surface area (Å²) in [5.41, 5.74) is 7.25. The number of nitrogens with zero attached hydrogens (tertiary/aromatic N) is 4. The number of rotatable bonds is 14. The molecule has 0 aliphatic carbocycles. The average Bonchev–Trinajstić information content (AvgIpc) is 3.38. The lowest BCUT2D eigenvalue weighted by molar-refractivity contribution is -0.165. The summed E-state index contributed by atoms with van der Waals surface area (Å²) >= 11 is 0. The minimum absolute atomic E-state index is 0.135. The van der Waals surface area contributed by atoms with E-state index in [9.17, 15) is 14.7 Å². The maximum Gasteiger partial charge on any atom is 0.330 e. The van der Waals surface area contributed by atoms with Gasteiger partial charge in [0.2, 0.25) is 0 Å². The van der Waals surface area contributed by atoms with Gasteiger partial charge in [-0.1, -0.05) is 59.7 Å². The Bertz CT molecular complexity index is 1740. The zero-order chi connectivity index (χ0) is 33.4. The number of aromatic amines is 1. The number of benzene rings is 3. The summed E-state index contributed by atoms with van der Waals surface area (Å²) in [4.78, 5) is 29.8. The molecule has 13 nitrogen and oxygen atoms in total. The maximum absolute atomic E-state index is 12.9. The van der Waals surface area contributed by atoms with E-state index in [4.69, 9.17) is 29.2 Å². The van der Waals surface area contributed by atoms with Crippen molar-refractivity contribution in [3.05, 3.63) is 139 Å². The van der Waals surface area contributed by atoms with Crippen LogP contribution in [0.4, 0.5) is 0 Å². The van der Waals surface area contributed by atoms with Crippen LogP contribution < -0.4 is 20.7 Å². The van der Waals surface area contributed by atoms with Crippen LogP contribution in [0.2, 0.25) is 0 Å². The Balaban J connectivity index is 1.66. The fourth-order valence-electron chi connectivity index (χ4n) is 6.12. The van der Waals surface area contributed by atoms with E-state index in [0.717, 1.165) is 16.7 Å². The zero-order valence-electron chi connectivity index (χ0n) is 26.3. The lowest BCUT2D eigenvalue weighted by Gasteiger charge is -2.40. The first kappa shape index (κ1) is 33.5. The second-order valence-electron chi connectivity index (χ2n) is 11.1. The lowest BCUT2D eigenvalue weighted by atomic mass is 9.79. The van der Waals surface area contributed by atoms with Gasteiger partial charge in [0.05, 0.1) is 20.8 Å². The Morgan fingerprint density at radius 2 is 1.53 bits per heavy atom. The fourth-order valence-corrected chi connectivity index (χ4v) is 6.12. The lowest BCUT2D eigenvalue weighted by Crippen LogP contribution is -2.50. The normalized spacial score (nSPS) is 20.8. The van der Waals surface area contributed by atoms with Gasteiger partial charge < -0.3 is 28.8 Å². The highest BCUT2D eigenvalue weighted by molar-refractivity contribution is 5.49. The van der Waals surface area contributed by atoms with E-state index in [0.29, 0.717) is 17.9 Å². The van der Waals surface area contributed by atoms with Gasteiger partial charge in [0, 0.05) is 30.8 Å². The summed E-state index contributed by atoms with van der Waals surface area (Å²) in [5.74, 6) is 1.32. The van der Waals surface area contributed by atoms with E-state index in [-0.39, 0.29) is 19.6 Å². The summed E-state index contributed by atoms with van der Waals surface area (Å²) < 4.78 is 31.5. The number of hydrogen-bond acceptors (Lipinski definition) is 9. The third-order valence-electron chi connectivity index (χ3n) is 8.51. The van der Waals surface area contributed by atoms with Crippen molar-refractivity contribution >= 4 is 0 Å². The molecule has 1 aliphatic heterocycles. The van der Waals surface area contributed by atoms with Crippen molar-refractivity contribution in [1.29, 1.82) is 0 Å². The highest BCUT2D eigenvalue weighted by Gasteiger charge is 2.57. The molecule has 0 spiro atoms. The highest BCUT2D eigenvalue weighted by Crippen LogP contribution is 2.46. The number of hydrogen-bond donors (Lipinski definition) is 2. The molecular weight excluding hydrogens is 606 g/mol. The standard InChI is InChI=1S/C34H37N5O8/c1-43-26-14-10-24(11-15-26)34(23-8-5-4-6-9-23,25-12-16-27(44-2)17-13-25)46-22-33(19-7-20-36-38-35)30(41)29(45-3)31(47-33)39-21-18-28(40)37-32(39)42/h4-6,8-18,21,29-31,41H,7,19-20,22H2,1-3H3,(H,37,40,42)/t29-,30+,31-,33-/m1/s1. The molecule has 4 atom stereocenters. The first-order valence-corrected chi connectivity index (χ1v) is 15.0. The molecule has 2 heterocycles. The van der Waals surface area contributed by atoms with Crippen LogP contribution in [-0.4, -0.2) is 66.9 Å². The molecule has 1 saturated heterocycles. The number of azide groups is 1. The Morgan fingerprint density at radius 3 is 2.06 bits per heavy atom. The van der Waals surface area contributed by atoms with Gasteiger partial charge in [0.15, 0.2) is 6.23 Å². The van der Waals surface area contributed by atoms with E-state index in [1.165, 1.54) is 23.9 Å². The van der Waals surface area contributed by atoms with Gasteiger partial charge in [-0.05, 0) is 59.3 Å². The second-order valence-corrected chi connectivity index (χ2v) is 11.1. The van der Waals surface area contributed by atoms with Gasteiger partial charge in [0.1, 0.15) is 34.9 Å². The van der Waals surface area contributed by atoms with Gasteiger partial charge >= 0.3 is 5.69 Å². The van der Waals surface area contributed by atoms with Crippen molar-refractivity contribution in [2.24, 2.45) is 5.11 Å². The molecule has 47 heavy (non-hydrogen) atoms. The van der Waals surface area contributed by atoms with Crippen LogP contribution in [0.3, 0.4) is 0 Å². The SMILES string of the molecule is COc1ccc(C(OC[C@@]2(CCCN=[N+]=[N-])O[C@@H](n3ccc(=O)[nH]c3=O)[C@H](OC)[C@@H]2O)(c2ccccc2)c2ccc(OC)cc2)cc1. The predicted molar refractivity (Wildman–Crippen MR) is 172 cm³/mol. The molecule has 13 heteroatoms. The molecule has 0 radical (unpaired) electrons. The summed E-state index contributed by atoms with van der Waals surface area (Å²) in [6, 6.07) is 25.9. The Kier molecular flexibility index (Phi) is 10.4. The average molecular weight is 644 g/mol. The molecule has 246 valence electrons. The summed E-state index contributed by atoms with van der Waals surface area (Å²) in [7, 11) is 4.59. The third-order valence-corrected chi connectivity index (χ3v) is 8.51. The Labute approximate surface area is 270 Å². The van der Waals surface area contributed by atoms with Crippen molar-refractivity contribution in [3.63, 3.8) is 0 Å². The van der Waals surface area contributed by atoms with E-state index in [2.05, 4.69) is 15.0 Å². The van der Waals surface area contributed by atoms with Gasteiger partial charge in [-0.3, -0.25) is 14.3 Å². The molecule has 1 aliphatic rings. The first-order valence-electron chi connectivity index (χ1n) is 15.0. The van der Waals surface area contributed by atoms with Crippen molar-refractivity contribution in [1.82, 2.24) is 9.55 Å². The van der Waals surface area contributed by atoms with Crippen LogP contribution in [0.25, 0.3) is 10.4 Å². The van der Waals surface area contributed by atoms with Crippen LogP contribution in [-0.2, 0) is 19.8 Å². The maximum atomic E-state index is 12.9. The minimum atomic E-state index is -1.45. The van der Waals surface area contributed by atoms with Crippen molar-refractivity contribution < 1.29 is 28.8 Å². The molecule has 0 bridgehead atoms. The molecule has 3 aromatic carbocycles. The molecule has 4 aromatic rings. The summed E-state index contributed by atoms with van der Waals surface area (Å²) in [6.07, 6.45) is -1.63. The summed E-state index contributed by atoms with van der Waals surface area (Å²) in [5, 5.41) is 15.6. The summed E-state index contributed by atoms with van der Waals surface area (Å²) in [6.45, 7) is -0.0537. The van der Waals surface area contributed by atoms with Gasteiger partial charge in [-0.15, -0.1) is 0 Å².